The van der Waals surface area contributed by atoms with Crippen molar-refractivity contribution in [2.45, 2.75) is 12.5 Å². The van der Waals surface area contributed by atoms with Gasteiger partial charge in [-0.05, 0) is 41.5 Å². The number of rotatable bonds is 4. The number of benzene rings is 2. The number of hydrogen-bond acceptors (Lipinski definition) is 3. The number of aliphatic hydroxyl groups is 1. The fourth-order valence-electron chi connectivity index (χ4n) is 2.49. The molecule has 1 unspecified atom stereocenters. The van der Waals surface area contributed by atoms with Gasteiger partial charge in [0, 0.05) is 17.4 Å². The van der Waals surface area contributed by atoms with Crippen LogP contribution in [-0.4, -0.2) is 24.2 Å². The van der Waals surface area contributed by atoms with Gasteiger partial charge in [0.1, 0.15) is 5.75 Å². The van der Waals surface area contributed by atoms with Crippen molar-refractivity contribution in [3.05, 3.63) is 62.6 Å². The van der Waals surface area contributed by atoms with Gasteiger partial charge in [-0.2, -0.15) is 0 Å². The first kappa shape index (κ1) is 16.3. The van der Waals surface area contributed by atoms with Gasteiger partial charge in [-0.3, -0.25) is 4.79 Å². The van der Waals surface area contributed by atoms with Crippen molar-refractivity contribution in [3.63, 3.8) is 0 Å². The molecule has 0 saturated heterocycles. The van der Waals surface area contributed by atoms with Crippen LogP contribution in [0.1, 0.15) is 27.6 Å². The Bertz CT molecular complexity index is 751. The van der Waals surface area contributed by atoms with E-state index in [0.29, 0.717) is 17.2 Å². The van der Waals surface area contributed by atoms with Crippen molar-refractivity contribution in [1.82, 2.24) is 5.32 Å². The summed E-state index contributed by atoms with van der Waals surface area (Å²) in [6, 6.07) is 10.7. The third-order valence-electron chi connectivity index (χ3n) is 3.73. The van der Waals surface area contributed by atoms with Crippen LogP contribution in [0.15, 0.2) is 40.9 Å². The molecule has 6 heteroatoms. The highest BCUT2D eigenvalue weighted by Gasteiger charge is 2.17. The van der Waals surface area contributed by atoms with Gasteiger partial charge in [-0.1, -0.05) is 33.6 Å². The summed E-state index contributed by atoms with van der Waals surface area (Å²) in [6.45, 7) is 0.786. The summed E-state index contributed by atoms with van der Waals surface area (Å²) in [5, 5.41) is 13.4. The molecule has 0 bridgehead atoms. The van der Waals surface area contributed by atoms with E-state index in [1.807, 2.05) is 18.2 Å². The van der Waals surface area contributed by atoms with E-state index in [0.717, 1.165) is 27.8 Å². The van der Waals surface area contributed by atoms with Gasteiger partial charge in [0.25, 0.3) is 5.91 Å². The molecule has 0 aromatic heterocycles. The molecule has 0 fully saturated rings. The van der Waals surface area contributed by atoms with Crippen molar-refractivity contribution >= 4 is 33.4 Å². The van der Waals surface area contributed by atoms with Gasteiger partial charge < -0.3 is 15.2 Å². The molecule has 1 aliphatic heterocycles. The van der Waals surface area contributed by atoms with Gasteiger partial charge in [0.05, 0.1) is 23.3 Å². The molecule has 0 saturated carbocycles. The molecule has 23 heavy (non-hydrogen) atoms. The highest BCUT2D eigenvalue weighted by molar-refractivity contribution is 9.10. The number of amides is 1. The van der Waals surface area contributed by atoms with Gasteiger partial charge in [-0.25, -0.2) is 0 Å². The topological polar surface area (TPSA) is 58.6 Å². The Labute approximate surface area is 147 Å². The second-order valence-electron chi connectivity index (χ2n) is 5.32. The lowest BCUT2D eigenvalue weighted by Gasteiger charge is -2.14. The number of hydrogen-bond donors (Lipinski definition) is 2. The van der Waals surface area contributed by atoms with Crippen molar-refractivity contribution in [2.75, 3.05) is 13.2 Å². The normalized spacial score (nSPS) is 14.0. The average molecular weight is 397 g/mol. The zero-order chi connectivity index (χ0) is 16.4. The van der Waals surface area contributed by atoms with Crippen LogP contribution >= 0.6 is 27.5 Å². The fraction of sp³-hybridized carbons (Fsp3) is 0.235. The smallest absolute Gasteiger partial charge is 0.252 e. The zero-order valence-electron chi connectivity index (χ0n) is 12.2. The fourth-order valence-corrected chi connectivity index (χ4v) is 3.05. The molecule has 2 N–H and O–H groups in total. The Balaban J connectivity index is 1.65. The number of carbonyl (C=O) groups is 1. The van der Waals surface area contributed by atoms with Crippen molar-refractivity contribution in [2.24, 2.45) is 0 Å². The Kier molecular flexibility index (Phi) is 4.90. The number of halogens is 2. The largest absolute Gasteiger partial charge is 0.493 e. The average Bonchev–Trinajstić information content (AvgIpc) is 3.02. The first-order chi connectivity index (χ1) is 11.0. The second-order valence-corrected chi connectivity index (χ2v) is 6.64. The Morgan fingerprint density at radius 3 is 3.00 bits per heavy atom. The van der Waals surface area contributed by atoms with Gasteiger partial charge >= 0.3 is 0 Å². The number of fused-ring (bicyclic) bond motifs is 1. The van der Waals surface area contributed by atoms with Crippen LogP contribution in [0.2, 0.25) is 5.02 Å². The summed E-state index contributed by atoms with van der Waals surface area (Å²) in [5.74, 6) is 0.547. The quantitative estimate of drug-likeness (QED) is 0.831. The molecule has 1 amide bonds. The standard InChI is InChI=1S/C17H15BrClNO3/c18-12-2-3-14(19)13(8-12)17(22)20-9-15(21)10-1-4-16-11(7-10)5-6-23-16/h1-4,7-8,15,21H,5-6,9H2,(H,20,22). The minimum absolute atomic E-state index is 0.112. The van der Waals surface area contributed by atoms with E-state index in [9.17, 15) is 9.90 Å². The monoisotopic (exact) mass is 395 g/mol. The molecule has 1 aliphatic rings. The van der Waals surface area contributed by atoms with Crippen molar-refractivity contribution in [3.8, 4) is 5.75 Å². The molecular formula is C17H15BrClNO3. The lowest BCUT2D eigenvalue weighted by atomic mass is 10.0. The Morgan fingerprint density at radius 2 is 2.17 bits per heavy atom. The lowest BCUT2D eigenvalue weighted by molar-refractivity contribution is 0.0916. The Hall–Kier alpha value is -1.56. The van der Waals surface area contributed by atoms with Gasteiger partial charge in [-0.15, -0.1) is 0 Å². The minimum Gasteiger partial charge on any atom is -0.493 e. The summed E-state index contributed by atoms with van der Waals surface area (Å²) in [7, 11) is 0. The molecular weight excluding hydrogens is 382 g/mol. The van der Waals surface area contributed by atoms with Crippen LogP contribution in [0.3, 0.4) is 0 Å². The van der Waals surface area contributed by atoms with E-state index < -0.39 is 6.10 Å². The molecule has 0 radical (unpaired) electrons. The van der Waals surface area contributed by atoms with Crippen molar-refractivity contribution in [1.29, 1.82) is 0 Å². The second kappa shape index (κ2) is 6.91. The Morgan fingerprint density at radius 1 is 1.35 bits per heavy atom. The molecule has 1 heterocycles. The predicted molar refractivity (Wildman–Crippen MR) is 92.1 cm³/mol. The number of carbonyl (C=O) groups excluding carboxylic acids is 1. The summed E-state index contributed by atoms with van der Waals surface area (Å²) in [4.78, 5) is 12.2. The van der Waals surface area contributed by atoms with Crippen LogP contribution in [0.5, 0.6) is 5.75 Å². The van der Waals surface area contributed by atoms with Crippen LogP contribution in [-0.2, 0) is 6.42 Å². The maximum atomic E-state index is 12.2. The van der Waals surface area contributed by atoms with E-state index >= 15 is 0 Å². The molecule has 3 rings (SSSR count). The molecule has 4 nitrogen and oxygen atoms in total. The van der Waals surface area contributed by atoms with Crippen LogP contribution in [0, 0.1) is 0 Å². The lowest BCUT2D eigenvalue weighted by Crippen LogP contribution is -2.28. The SMILES string of the molecule is O=C(NCC(O)c1ccc2c(c1)CCO2)c1cc(Br)ccc1Cl. The molecule has 120 valence electrons. The minimum atomic E-state index is -0.782. The van der Waals surface area contributed by atoms with E-state index in [4.69, 9.17) is 16.3 Å². The van der Waals surface area contributed by atoms with Crippen LogP contribution in [0.4, 0.5) is 0 Å². The summed E-state index contributed by atoms with van der Waals surface area (Å²) in [5.41, 5.74) is 2.22. The molecule has 0 aliphatic carbocycles. The van der Waals surface area contributed by atoms with E-state index in [2.05, 4.69) is 21.2 Å². The van der Waals surface area contributed by atoms with Crippen molar-refractivity contribution < 1.29 is 14.6 Å². The highest BCUT2D eigenvalue weighted by Crippen LogP contribution is 2.28. The molecule has 2 aromatic carbocycles. The molecule has 1 atom stereocenters. The van der Waals surface area contributed by atoms with E-state index in [1.54, 1.807) is 18.2 Å². The molecule has 0 spiro atoms. The first-order valence-corrected chi connectivity index (χ1v) is 8.38. The molecule has 2 aromatic rings. The zero-order valence-corrected chi connectivity index (χ0v) is 14.5. The third kappa shape index (κ3) is 3.68. The number of ether oxygens (including phenoxy) is 1. The number of aliphatic hydroxyl groups excluding tert-OH is 1. The predicted octanol–water partition coefficient (Wildman–Crippen LogP) is 3.50. The third-order valence-corrected chi connectivity index (χ3v) is 4.55. The summed E-state index contributed by atoms with van der Waals surface area (Å²) >= 11 is 9.34. The number of nitrogens with one attached hydrogen (secondary N) is 1. The van der Waals surface area contributed by atoms with Gasteiger partial charge in [0.15, 0.2) is 0 Å². The maximum absolute atomic E-state index is 12.2. The van der Waals surface area contributed by atoms with Crippen LogP contribution in [0.25, 0.3) is 0 Å². The van der Waals surface area contributed by atoms with Crippen LogP contribution < -0.4 is 10.1 Å². The highest BCUT2D eigenvalue weighted by atomic mass is 79.9. The van der Waals surface area contributed by atoms with E-state index in [-0.39, 0.29) is 12.5 Å². The van der Waals surface area contributed by atoms with E-state index in [1.165, 1.54) is 0 Å². The van der Waals surface area contributed by atoms with Gasteiger partial charge in [0.2, 0.25) is 0 Å². The first-order valence-electron chi connectivity index (χ1n) is 7.21. The summed E-state index contributed by atoms with van der Waals surface area (Å²) < 4.78 is 6.21. The maximum Gasteiger partial charge on any atom is 0.252 e. The summed E-state index contributed by atoms with van der Waals surface area (Å²) in [6.07, 6.45) is 0.0615.